The van der Waals surface area contributed by atoms with Crippen LogP contribution in [0.1, 0.15) is 52.0 Å². The van der Waals surface area contributed by atoms with Crippen LogP contribution < -0.4 is 14.8 Å². The molecule has 2 atom stereocenters. The summed E-state index contributed by atoms with van der Waals surface area (Å²) in [6.45, 7) is 5.46. The summed E-state index contributed by atoms with van der Waals surface area (Å²) < 4.78 is 32.9. The van der Waals surface area contributed by atoms with Gasteiger partial charge in [0.1, 0.15) is 18.0 Å². The molecule has 1 amide bonds. The normalized spacial score (nSPS) is 23.2. The van der Waals surface area contributed by atoms with Crippen LogP contribution in [0.25, 0.3) is 0 Å². The van der Waals surface area contributed by atoms with Gasteiger partial charge in [0.15, 0.2) is 0 Å². The summed E-state index contributed by atoms with van der Waals surface area (Å²) in [6.07, 6.45) is 2.81. The number of nitrogens with one attached hydrogen (secondary N) is 2. The third-order valence-corrected chi connectivity index (χ3v) is 6.76. The van der Waals surface area contributed by atoms with Gasteiger partial charge in [-0.2, -0.15) is 0 Å². The maximum Gasteiger partial charge on any atom is 0.216 e. The van der Waals surface area contributed by atoms with Crippen LogP contribution in [0, 0.1) is 0 Å². The van der Waals surface area contributed by atoms with Crippen molar-refractivity contribution in [3.05, 3.63) is 29.8 Å². The molecule has 152 valence electrons. The van der Waals surface area contributed by atoms with E-state index in [1.165, 1.54) is 6.92 Å². The van der Waals surface area contributed by atoms with Crippen molar-refractivity contribution in [2.75, 3.05) is 13.2 Å². The Labute approximate surface area is 161 Å². The minimum atomic E-state index is -3.48. The summed E-state index contributed by atoms with van der Waals surface area (Å²) in [5.41, 5.74) is -0.567. The van der Waals surface area contributed by atoms with Gasteiger partial charge in [0, 0.05) is 6.92 Å². The number of aliphatic hydroxyl groups is 1. The van der Waals surface area contributed by atoms with Crippen molar-refractivity contribution in [1.82, 2.24) is 10.0 Å². The van der Waals surface area contributed by atoms with Gasteiger partial charge in [-0.3, -0.25) is 4.79 Å². The van der Waals surface area contributed by atoms with Crippen molar-refractivity contribution in [1.29, 1.82) is 0 Å². The zero-order valence-electron chi connectivity index (χ0n) is 16.2. The minimum Gasteiger partial charge on any atom is -0.492 e. The molecule has 1 aliphatic carbocycles. The van der Waals surface area contributed by atoms with Gasteiger partial charge in [-0.15, -0.1) is 0 Å². The fraction of sp³-hybridized carbons (Fsp3) is 0.632. The van der Waals surface area contributed by atoms with Crippen molar-refractivity contribution in [2.45, 2.75) is 63.3 Å². The molecule has 1 saturated carbocycles. The number of hydrogen-bond donors (Lipinski definition) is 3. The van der Waals surface area contributed by atoms with Gasteiger partial charge in [-0.05, 0) is 44.4 Å². The lowest BCUT2D eigenvalue weighted by atomic mass is 9.76. The second-order valence-corrected chi connectivity index (χ2v) is 9.56. The Kier molecular flexibility index (Phi) is 7.25. The highest BCUT2D eigenvalue weighted by Crippen LogP contribution is 2.38. The highest BCUT2D eigenvalue weighted by Gasteiger charge is 2.42. The predicted molar refractivity (Wildman–Crippen MR) is 104 cm³/mol. The van der Waals surface area contributed by atoms with Crippen LogP contribution in [0.15, 0.2) is 24.3 Å². The Morgan fingerprint density at radius 2 is 1.96 bits per heavy atom. The molecule has 0 aromatic heterocycles. The second kappa shape index (κ2) is 9.03. The van der Waals surface area contributed by atoms with Gasteiger partial charge in [0.2, 0.25) is 15.9 Å². The lowest BCUT2D eigenvalue weighted by Crippen LogP contribution is -2.53. The first kappa shape index (κ1) is 21.7. The molecule has 0 spiro atoms. The zero-order valence-corrected chi connectivity index (χ0v) is 17.0. The van der Waals surface area contributed by atoms with Gasteiger partial charge in [0.05, 0.1) is 17.8 Å². The van der Waals surface area contributed by atoms with Crippen molar-refractivity contribution in [3.63, 3.8) is 0 Å². The fourth-order valence-electron chi connectivity index (χ4n) is 3.23. The van der Waals surface area contributed by atoms with E-state index < -0.39 is 26.9 Å². The average Bonchev–Trinajstić information content (AvgIpc) is 2.61. The number of carbonyl (C=O) groups excluding carboxylic acids is 1. The molecule has 2 unspecified atom stereocenters. The highest BCUT2D eigenvalue weighted by molar-refractivity contribution is 7.90. The molecule has 0 aliphatic heterocycles. The standard InChI is InChI=1S/C19H30N2O5S/c1-14(2)27(24,25)21-18-6-4-5-11-19(18,23)16-7-9-17(10-8-16)26-13-12-20-15(3)22/h7-10,14,18,21,23H,4-6,11-13H2,1-3H3,(H,20,22). The SMILES string of the molecule is CC(=O)NCCOc1ccc(C2(O)CCCCC2NS(=O)(=O)C(C)C)cc1. The number of sulfonamides is 1. The van der Waals surface area contributed by atoms with Crippen LogP contribution >= 0.6 is 0 Å². The van der Waals surface area contributed by atoms with E-state index in [-0.39, 0.29) is 5.91 Å². The number of rotatable bonds is 8. The second-order valence-electron chi connectivity index (χ2n) is 7.29. The molecule has 27 heavy (non-hydrogen) atoms. The summed E-state index contributed by atoms with van der Waals surface area (Å²) in [7, 11) is -3.48. The molecular formula is C19H30N2O5S. The summed E-state index contributed by atoms with van der Waals surface area (Å²) in [5.74, 6) is 0.520. The Balaban J connectivity index is 2.09. The zero-order chi connectivity index (χ0) is 20.1. The Morgan fingerprint density at radius 1 is 1.30 bits per heavy atom. The molecule has 7 nitrogen and oxygen atoms in total. The molecule has 0 heterocycles. The van der Waals surface area contributed by atoms with Crippen molar-refractivity contribution >= 4 is 15.9 Å². The lowest BCUT2D eigenvalue weighted by Gasteiger charge is -2.41. The van der Waals surface area contributed by atoms with Crippen molar-refractivity contribution in [2.24, 2.45) is 0 Å². The first-order chi connectivity index (χ1) is 12.6. The van der Waals surface area contributed by atoms with E-state index in [1.807, 2.05) is 0 Å². The lowest BCUT2D eigenvalue weighted by molar-refractivity contribution is -0.119. The topological polar surface area (TPSA) is 105 Å². The van der Waals surface area contributed by atoms with E-state index in [9.17, 15) is 18.3 Å². The molecule has 0 bridgehead atoms. The first-order valence-electron chi connectivity index (χ1n) is 9.36. The van der Waals surface area contributed by atoms with Crippen LogP contribution in [-0.4, -0.2) is 43.9 Å². The molecule has 1 aromatic rings. The fourth-order valence-corrected chi connectivity index (χ4v) is 4.21. The molecule has 8 heteroatoms. The summed E-state index contributed by atoms with van der Waals surface area (Å²) >= 11 is 0. The third kappa shape index (κ3) is 5.67. The van der Waals surface area contributed by atoms with Gasteiger partial charge in [-0.1, -0.05) is 25.0 Å². The van der Waals surface area contributed by atoms with Gasteiger partial charge >= 0.3 is 0 Å². The van der Waals surface area contributed by atoms with E-state index in [2.05, 4.69) is 10.0 Å². The first-order valence-corrected chi connectivity index (χ1v) is 10.9. The number of hydrogen-bond acceptors (Lipinski definition) is 5. The molecule has 2 rings (SSSR count). The average molecular weight is 399 g/mol. The van der Waals surface area contributed by atoms with Crippen molar-refractivity contribution in [3.8, 4) is 5.75 Å². The maximum atomic E-state index is 12.3. The molecule has 1 aliphatic rings. The van der Waals surface area contributed by atoms with E-state index in [1.54, 1.807) is 38.1 Å². The highest BCUT2D eigenvalue weighted by atomic mass is 32.2. The van der Waals surface area contributed by atoms with E-state index in [4.69, 9.17) is 4.74 Å². The smallest absolute Gasteiger partial charge is 0.216 e. The van der Waals surface area contributed by atoms with E-state index in [0.717, 1.165) is 12.8 Å². The molecule has 1 fully saturated rings. The number of benzene rings is 1. The number of carbonyl (C=O) groups is 1. The van der Waals surface area contributed by atoms with Gasteiger partial charge < -0.3 is 15.2 Å². The monoisotopic (exact) mass is 398 g/mol. The van der Waals surface area contributed by atoms with E-state index in [0.29, 0.717) is 37.3 Å². The molecule has 1 aromatic carbocycles. The van der Waals surface area contributed by atoms with E-state index >= 15 is 0 Å². The third-order valence-electron chi connectivity index (χ3n) is 4.90. The molecular weight excluding hydrogens is 368 g/mol. The minimum absolute atomic E-state index is 0.108. The van der Waals surface area contributed by atoms with Crippen LogP contribution in [0.5, 0.6) is 5.75 Å². The summed E-state index contributed by atoms with van der Waals surface area (Å²) in [4.78, 5) is 10.8. The Morgan fingerprint density at radius 3 is 2.56 bits per heavy atom. The summed E-state index contributed by atoms with van der Waals surface area (Å²) in [5, 5.41) is 13.4. The molecule has 0 saturated heterocycles. The summed E-state index contributed by atoms with van der Waals surface area (Å²) in [6, 6.07) is 6.50. The van der Waals surface area contributed by atoms with Crippen LogP contribution in [-0.2, 0) is 20.4 Å². The van der Waals surface area contributed by atoms with Crippen LogP contribution in [0.3, 0.4) is 0 Å². The largest absolute Gasteiger partial charge is 0.492 e. The van der Waals surface area contributed by atoms with Gasteiger partial charge in [0.25, 0.3) is 0 Å². The molecule has 0 radical (unpaired) electrons. The van der Waals surface area contributed by atoms with Gasteiger partial charge in [-0.25, -0.2) is 13.1 Å². The number of ether oxygens (including phenoxy) is 1. The Bertz CT molecular complexity index is 733. The predicted octanol–water partition coefficient (Wildman–Crippen LogP) is 1.66. The van der Waals surface area contributed by atoms with Crippen LogP contribution in [0.2, 0.25) is 0 Å². The Hall–Kier alpha value is -1.64. The quantitative estimate of drug-likeness (QED) is 0.578. The van der Waals surface area contributed by atoms with Crippen molar-refractivity contribution < 1.29 is 23.1 Å². The molecule has 3 N–H and O–H groups in total. The number of amides is 1. The van der Waals surface area contributed by atoms with Crippen LogP contribution in [0.4, 0.5) is 0 Å². The maximum absolute atomic E-state index is 12.3.